The highest BCUT2D eigenvalue weighted by Crippen LogP contribution is 2.16. The summed E-state index contributed by atoms with van der Waals surface area (Å²) in [5.41, 5.74) is 6.75. The second-order valence-electron chi connectivity index (χ2n) is 5.69. The first-order valence-electron chi connectivity index (χ1n) is 7.89. The largest absolute Gasteiger partial charge is 0.380 e. The summed E-state index contributed by atoms with van der Waals surface area (Å²) < 4.78 is 10.9. The highest BCUT2D eigenvalue weighted by atomic mass is 16.5. The molecule has 5 heteroatoms. The number of carbonyl (C=O) groups excluding carboxylic acids is 1. The van der Waals surface area contributed by atoms with Gasteiger partial charge in [-0.25, -0.2) is 0 Å². The fraction of sp³-hybridized carbons (Fsp3) is 0.588. The van der Waals surface area contributed by atoms with Crippen molar-refractivity contribution in [3.8, 4) is 0 Å². The van der Waals surface area contributed by atoms with Crippen LogP contribution in [0.5, 0.6) is 0 Å². The Hall–Kier alpha value is -1.43. The highest BCUT2D eigenvalue weighted by Gasteiger charge is 2.24. The van der Waals surface area contributed by atoms with Gasteiger partial charge in [0.05, 0.1) is 18.6 Å². The first-order chi connectivity index (χ1) is 10.7. The molecule has 1 amide bonds. The van der Waals surface area contributed by atoms with Crippen molar-refractivity contribution in [3.05, 3.63) is 35.9 Å². The lowest BCUT2D eigenvalue weighted by molar-refractivity contribution is -0.135. The molecule has 1 aromatic rings. The fourth-order valence-corrected chi connectivity index (χ4v) is 2.68. The molecule has 1 fully saturated rings. The number of nitrogens with two attached hydrogens (primary N) is 1. The number of ether oxygens (including phenoxy) is 2. The number of hydrogen-bond acceptors (Lipinski definition) is 4. The van der Waals surface area contributed by atoms with Gasteiger partial charge in [0.25, 0.3) is 0 Å². The van der Waals surface area contributed by atoms with Crippen molar-refractivity contribution in [1.82, 2.24) is 4.90 Å². The second-order valence-corrected chi connectivity index (χ2v) is 5.69. The van der Waals surface area contributed by atoms with E-state index in [4.69, 9.17) is 15.2 Å². The van der Waals surface area contributed by atoms with E-state index in [0.717, 1.165) is 25.0 Å². The van der Waals surface area contributed by atoms with E-state index in [1.54, 1.807) is 7.11 Å². The standard InChI is InChI=1S/C17H26N2O3/c1-21-16(11-18)10-17(20)19(13-15-8-5-9-22-15)12-14-6-3-2-4-7-14/h2-4,6-7,15-16H,5,8-13,18H2,1H3. The topological polar surface area (TPSA) is 64.8 Å². The van der Waals surface area contributed by atoms with Crippen molar-refractivity contribution < 1.29 is 14.3 Å². The summed E-state index contributed by atoms with van der Waals surface area (Å²) in [4.78, 5) is 14.5. The zero-order chi connectivity index (χ0) is 15.8. The molecule has 2 N–H and O–H groups in total. The smallest absolute Gasteiger partial charge is 0.225 e. The van der Waals surface area contributed by atoms with Gasteiger partial charge in [0.1, 0.15) is 0 Å². The Bertz CT molecular complexity index is 442. The van der Waals surface area contributed by atoms with Crippen molar-refractivity contribution in [2.75, 3.05) is 26.8 Å². The Kier molecular flexibility index (Phi) is 6.83. The van der Waals surface area contributed by atoms with E-state index >= 15 is 0 Å². The molecule has 0 aromatic heterocycles. The lowest BCUT2D eigenvalue weighted by atomic mass is 10.1. The molecule has 1 aromatic carbocycles. The van der Waals surface area contributed by atoms with Crippen molar-refractivity contribution in [3.63, 3.8) is 0 Å². The van der Waals surface area contributed by atoms with E-state index in [1.165, 1.54) is 0 Å². The Morgan fingerprint density at radius 1 is 1.45 bits per heavy atom. The zero-order valence-electron chi connectivity index (χ0n) is 13.2. The number of carbonyl (C=O) groups is 1. The summed E-state index contributed by atoms with van der Waals surface area (Å²) in [7, 11) is 1.59. The van der Waals surface area contributed by atoms with Gasteiger partial charge in [-0.15, -0.1) is 0 Å². The molecule has 0 aliphatic carbocycles. The average Bonchev–Trinajstić information content (AvgIpc) is 3.06. The van der Waals surface area contributed by atoms with E-state index in [2.05, 4.69) is 0 Å². The normalized spacial score (nSPS) is 19.1. The summed E-state index contributed by atoms with van der Waals surface area (Å²) in [6, 6.07) is 10.0. The van der Waals surface area contributed by atoms with Crippen LogP contribution < -0.4 is 5.73 Å². The van der Waals surface area contributed by atoms with Gasteiger partial charge in [0.2, 0.25) is 5.91 Å². The van der Waals surface area contributed by atoms with E-state index in [0.29, 0.717) is 26.1 Å². The minimum atomic E-state index is -0.227. The first-order valence-corrected chi connectivity index (χ1v) is 7.89. The number of nitrogens with zero attached hydrogens (tertiary/aromatic N) is 1. The monoisotopic (exact) mass is 306 g/mol. The molecule has 0 saturated carbocycles. The summed E-state index contributed by atoms with van der Waals surface area (Å²) in [6.45, 7) is 2.37. The maximum Gasteiger partial charge on any atom is 0.225 e. The van der Waals surface area contributed by atoms with Crippen LogP contribution in [0.15, 0.2) is 30.3 Å². The van der Waals surface area contributed by atoms with E-state index in [-0.39, 0.29) is 18.1 Å². The molecule has 1 heterocycles. The molecule has 5 nitrogen and oxygen atoms in total. The van der Waals surface area contributed by atoms with Crippen molar-refractivity contribution >= 4 is 5.91 Å². The zero-order valence-corrected chi connectivity index (χ0v) is 13.2. The van der Waals surface area contributed by atoms with Gasteiger partial charge in [-0.2, -0.15) is 0 Å². The minimum absolute atomic E-state index is 0.0663. The Labute approximate surface area is 132 Å². The molecule has 22 heavy (non-hydrogen) atoms. The van der Waals surface area contributed by atoms with E-state index in [1.807, 2.05) is 35.2 Å². The fourth-order valence-electron chi connectivity index (χ4n) is 2.68. The quantitative estimate of drug-likeness (QED) is 0.791. The Morgan fingerprint density at radius 3 is 2.82 bits per heavy atom. The van der Waals surface area contributed by atoms with Crippen LogP contribution in [0.3, 0.4) is 0 Å². The van der Waals surface area contributed by atoms with Gasteiger partial charge >= 0.3 is 0 Å². The predicted octanol–water partition coefficient (Wildman–Crippen LogP) is 1.56. The first kappa shape index (κ1) is 16.9. The number of rotatable bonds is 8. The summed E-state index contributed by atoms with van der Waals surface area (Å²) >= 11 is 0. The summed E-state index contributed by atoms with van der Waals surface area (Å²) in [5, 5.41) is 0. The molecule has 0 spiro atoms. The molecule has 0 bridgehead atoms. The van der Waals surface area contributed by atoms with Crippen LogP contribution in [0.1, 0.15) is 24.8 Å². The summed E-state index contributed by atoms with van der Waals surface area (Å²) in [6.07, 6.45) is 2.32. The van der Waals surface area contributed by atoms with Crippen LogP contribution >= 0.6 is 0 Å². The molecule has 2 rings (SSSR count). The van der Waals surface area contributed by atoms with Crippen LogP contribution in [0.4, 0.5) is 0 Å². The van der Waals surface area contributed by atoms with Gasteiger partial charge in [-0.05, 0) is 18.4 Å². The Morgan fingerprint density at radius 2 is 2.23 bits per heavy atom. The molecular formula is C17H26N2O3. The Balaban J connectivity index is 2.01. The van der Waals surface area contributed by atoms with Crippen molar-refractivity contribution in [2.45, 2.75) is 38.0 Å². The van der Waals surface area contributed by atoms with E-state index < -0.39 is 0 Å². The number of methoxy groups -OCH3 is 1. The average molecular weight is 306 g/mol. The third-order valence-electron chi connectivity index (χ3n) is 4.02. The van der Waals surface area contributed by atoms with Crippen molar-refractivity contribution in [1.29, 1.82) is 0 Å². The van der Waals surface area contributed by atoms with Crippen LogP contribution in [-0.4, -0.2) is 49.8 Å². The molecule has 1 aliphatic heterocycles. The van der Waals surface area contributed by atoms with Gasteiger partial charge in [-0.3, -0.25) is 4.79 Å². The van der Waals surface area contributed by atoms with Gasteiger partial charge in [0, 0.05) is 33.4 Å². The minimum Gasteiger partial charge on any atom is -0.380 e. The van der Waals surface area contributed by atoms with Crippen LogP contribution in [0.2, 0.25) is 0 Å². The SMILES string of the molecule is COC(CN)CC(=O)N(Cc1ccccc1)CC1CCCO1. The molecule has 2 unspecified atom stereocenters. The van der Waals surface area contributed by atoms with Crippen LogP contribution in [-0.2, 0) is 20.8 Å². The van der Waals surface area contributed by atoms with Gasteiger partial charge in [0.15, 0.2) is 0 Å². The highest BCUT2D eigenvalue weighted by molar-refractivity contribution is 5.76. The number of benzene rings is 1. The van der Waals surface area contributed by atoms with Crippen molar-refractivity contribution in [2.24, 2.45) is 5.73 Å². The second kappa shape index (κ2) is 8.88. The maximum absolute atomic E-state index is 12.6. The van der Waals surface area contributed by atoms with Crippen LogP contribution in [0.25, 0.3) is 0 Å². The number of hydrogen-bond donors (Lipinski definition) is 1. The van der Waals surface area contributed by atoms with Crippen LogP contribution in [0, 0.1) is 0 Å². The maximum atomic E-state index is 12.6. The van der Waals surface area contributed by atoms with Gasteiger partial charge in [-0.1, -0.05) is 30.3 Å². The third kappa shape index (κ3) is 5.09. The summed E-state index contributed by atoms with van der Waals surface area (Å²) in [5.74, 6) is 0.0663. The number of amides is 1. The lowest BCUT2D eigenvalue weighted by Gasteiger charge is -2.27. The molecule has 2 atom stereocenters. The third-order valence-corrected chi connectivity index (χ3v) is 4.02. The van der Waals surface area contributed by atoms with E-state index in [9.17, 15) is 4.79 Å². The molecule has 1 aliphatic rings. The van der Waals surface area contributed by atoms with Gasteiger partial charge < -0.3 is 20.1 Å². The molecule has 1 saturated heterocycles. The molecule has 122 valence electrons. The molecular weight excluding hydrogens is 280 g/mol. The lowest BCUT2D eigenvalue weighted by Crippen LogP contribution is -2.39. The molecule has 0 radical (unpaired) electrons. The predicted molar refractivity (Wildman–Crippen MR) is 85.3 cm³/mol.